The standard InChI is InChI=1S/C14H21BrFN3O2/c1-9(2)18(10(3)4)6-5-17-13-8-12(16)11(15)7-14(13)19(20)21/h7-10,17H,5-6H2,1-4H3. The predicted octanol–water partition coefficient (Wildman–Crippen LogP) is 4.03. The van der Waals surface area contributed by atoms with Gasteiger partial charge in [-0.3, -0.25) is 15.0 Å². The summed E-state index contributed by atoms with van der Waals surface area (Å²) in [5, 5.41) is 14.0. The molecule has 0 atom stereocenters. The lowest BCUT2D eigenvalue weighted by Crippen LogP contribution is -2.40. The van der Waals surface area contributed by atoms with E-state index in [1.54, 1.807) is 0 Å². The van der Waals surface area contributed by atoms with E-state index in [1.165, 1.54) is 6.07 Å². The molecule has 0 saturated carbocycles. The molecule has 0 heterocycles. The molecule has 0 spiro atoms. The summed E-state index contributed by atoms with van der Waals surface area (Å²) in [6.45, 7) is 9.63. The Labute approximate surface area is 132 Å². The van der Waals surface area contributed by atoms with E-state index < -0.39 is 10.7 Å². The van der Waals surface area contributed by atoms with Crippen molar-refractivity contribution < 1.29 is 9.31 Å². The van der Waals surface area contributed by atoms with Gasteiger partial charge in [0.15, 0.2) is 0 Å². The lowest BCUT2D eigenvalue weighted by Gasteiger charge is -2.30. The lowest BCUT2D eigenvalue weighted by atomic mass is 10.2. The van der Waals surface area contributed by atoms with Gasteiger partial charge in [-0.2, -0.15) is 0 Å². The first-order chi connectivity index (χ1) is 9.73. The summed E-state index contributed by atoms with van der Waals surface area (Å²) in [4.78, 5) is 12.7. The Hall–Kier alpha value is -1.21. The highest BCUT2D eigenvalue weighted by Crippen LogP contribution is 2.30. The quantitative estimate of drug-likeness (QED) is 0.588. The molecule has 0 fully saturated rings. The van der Waals surface area contributed by atoms with Crippen molar-refractivity contribution in [2.24, 2.45) is 0 Å². The van der Waals surface area contributed by atoms with E-state index in [-0.39, 0.29) is 15.8 Å². The highest BCUT2D eigenvalue weighted by molar-refractivity contribution is 9.10. The van der Waals surface area contributed by atoms with Crippen LogP contribution in [0.2, 0.25) is 0 Å². The van der Waals surface area contributed by atoms with E-state index in [1.807, 2.05) is 0 Å². The second-order valence-electron chi connectivity index (χ2n) is 5.39. The molecule has 1 rings (SSSR count). The zero-order chi connectivity index (χ0) is 16.2. The third-order valence-electron chi connectivity index (χ3n) is 3.25. The topological polar surface area (TPSA) is 58.4 Å². The molecular formula is C14H21BrFN3O2. The third-order valence-corrected chi connectivity index (χ3v) is 3.86. The van der Waals surface area contributed by atoms with Gasteiger partial charge in [0.05, 0.1) is 9.40 Å². The van der Waals surface area contributed by atoms with Crippen LogP contribution >= 0.6 is 15.9 Å². The first kappa shape index (κ1) is 17.8. The first-order valence-electron chi connectivity index (χ1n) is 6.87. The van der Waals surface area contributed by atoms with Crippen LogP contribution < -0.4 is 5.32 Å². The molecule has 1 N–H and O–H groups in total. The van der Waals surface area contributed by atoms with Crippen LogP contribution in [0.4, 0.5) is 15.8 Å². The van der Waals surface area contributed by atoms with Crippen LogP contribution in [0, 0.1) is 15.9 Å². The van der Waals surface area contributed by atoms with Crippen molar-refractivity contribution in [1.29, 1.82) is 0 Å². The number of anilines is 1. The van der Waals surface area contributed by atoms with Crippen LogP contribution in [0.3, 0.4) is 0 Å². The SMILES string of the molecule is CC(C)N(CCNc1cc(F)c(Br)cc1[N+](=O)[O-])C(C)C. The highest BCUT2D eigenvalue weighted by Gasteiger charge is 2.18. The number of nitro groups is 1. The van der Waals surface area contributed by atoms with Crippen LogP contribution in [-0.2, 0) is 0 Å². The van der Waals surface area contributed by atoms with Gasteiger partial charge < -0.3 is 5.32 Å². The minimum Gasteiger partial charge on any atom is -0.378 e. The first-order valence-corrected chi connectivity index (χ1v) is 7.66. The van der Waals surface area contributed by atoms with E-state index in [0.29, 0.717) is 18.6 Å². The van der Waals surface area contributed by atoms with Gasteiger partial charge in [0.25, 0.3) is 5.69 Å². The zero-order valence-corrected chi connectivity index (χ0v) is 14.3. The van der Waals surface area contributed by atoms with Gasteiger partial charge >= 0.3 is 0 Å². The fourth-order valence-electron chi connectivity index (χ4n) is 2.26. The van der Waals surface area contributed by atoms with Gasteiger partial charge in [-0.1, -0.05) is 0 Å². The van der Waals surface area contributed by atoms with Crippen molar-refractivity contribution in [3.8, 4) is 0 Å². The number of nitro benzene ring substituents is 1. The van der Waals surface area contributed by atoms with Crippen LogP contribution in [0.5, 0.6) is 0 Å². The molecule has 0 aliphatic carbocycles. The van der Waals surface area contributed by atoms with Gasteiger partial charge in [-0.05, 0) is 43.6 Å². The molecule has 0 bridgehead atoms. The summed E-state index contributed by atoms with van der Waals surface area (Å²) >= 11 is 2.96. The Bertz CT molecular complexity index is 501. The van der Waals surface area contributed by atoms with Crippen molar-refractivity contribution >= 4 is 27.3 Å². The second kappa shape index (κ2) is 7.70. The maximum Gasteiger partial charge on any atom is 0.293 e. The minimum absolute atomic E-state index is 0.0886. The van der Waals surface area contributed by atoms with Crippen LogP contribution in [0.15, 0.2) is 16.6 Å². The molecule has 0 aliphatic heterocycles. The van der Waals surface area contributed by atoms with E-state index in [2.05, 4.69) is 53.8 Å². The van der Waals surface area contributed by atoms with E-state index in [0.717, 1.165) is 12.6 Å². The normalized spacial score (nSPS) is 11.5. The molecule has 0 amide bonds. The van der Waals surface area contributed by atoms with E-state index in [4.69, 9.17) is 0 Å². The Balaban J connectivity index is 2.79. The van der Waals surface area contributed by atoms with Gasteiger partial charge in [-0.25, -0.2) is 4.39 Å². The molecule has 0 unspecified atom stereocenters. The zero-order valence-electron chi connectivity index (χ0n) is 12.7. The van der Waals surface area contributed by atoms with Crippen LogP contribution in [-0.4, -0.2) is 35.0 Å². The molecule has 0 aromatic heterocycles. The molecule has 0 radical (unpaired) electrons. The van der Waals surface area contributed by atoms with Crippen molar-refractivity contribution in [1.82, 2.24) is 4.90 Å². The van der Waals surface area contributed by atoms with Gasteiger partial charge in [0.2, 0.25) is 0 Å². The summed E-state index contributed by atoms with van der Waals surface area (Å²) in [6, 6.07) is 3.09. The van der Waals surface area contributed by atoms with E-state index in [9.17, 15) is 14.5 Å². The van der Waals surface area contributed by atoms with Crippen molar-refractivity contribution in [2.45, 2.75) is 39.8 Å². The van der Waals surface area contributed by atoms with E-state index >= 15 is 0 Å². The maximum absolute atomic E-state index is 13.5. The largest absolute Gasteiger partial charge is 0.378 e. The van der Waals surface area contributed by atoms with Crippen LogP contribution in [0.1, 0.15) is 27.7 Å². The number of rotatable bonds is 7. The predicted molar refractivity (Wildman–Crippen MR) is 86.2 cm³/mol. The lowest BCUT2D eigenvalue weighted by molar-refractivity contribution is -0.384. The Morgan fingerprint density at radius 2 is 1.90 bits per heavy atom. The smallest absolute Gasteiger partial charge is 0.293 e. The van der Waals surface area contributed by atoms with Crippen molar-refractivity contribution in [3.63, 3.8) is 0 Å². The fraction of sp³-hybridized carbons (Fsp3) is 0.571. The van der Waals surface area contributed by atoms with Gasteiger partial charge in [0.1, 0.15) is 11.5 Å². The molecule has 118 valence electrons. The Morgan fingerprint density at radius 1 is 1.33 bits per heavy atom. The highest BCUT2D eigenvalue weighted by atomic mass is 79.9. The van der Waals surface area contributed by atoms with Gasteiger partial charge in [-0.15, -0.1) is 0 Å². The van der Waals surface area contributed by atoms with Gasteiger partial charge in [0, 0.05) is 37.3 Å². The summed E-state index contributed by atoms with van der Waals surface area (Å²) in [6.07, 6.45) is 0. The fourth-order valence-corrected chi connectivity index (χ4v) is 2.59. The minimum atomic E-state index is -0.521. The number of nitrogens with zero attached hydrogens (tertiary/aromatic N) is 2. The third kappa shape index (κ3) is 4.93. The number of hydrogen-bond acceptors (Lipinski definition) is 4. The molecule has 21 heavy (non-hydrogen) atoms. The average molecular weight is 362 g/mol. The molecule has 7 heteroatoms. The number of nitrogens with one attached hydrogen (secondary N) is 1. The number of halogens is 2. The van der Waals surface area contributed by atoms with Crippen molar-refractivity contribution in [3.05, 3.63) is 32.5 Å². The molecule has 1 aromatic rings. The number of benzene rings is 1. The Kier molecular flexibility index (Phi) is 6.54. The molecular weight excluding hydrogens is 341 g/mol. The number of hydrogen-bond donors (Lipinski definition) is 1. The molecule has 0 aliphatic rings. The Morgan fingerprint density at radius 3 is 2.38 bits per heavy atom. The maximum atomic E-state index is 13.5. The molecule has 5 nitrogen and oxygen atoms in total. The summed E-state index contributed by atoms with van der Waals surface area (Å²) in [5.74, 6) is -0.521. The van der Waals surface area contributed by atoms with Crippen LogP contribution in [0.25, 0.3) is 0 Å². The average Bonchev–Trinajstić information content (AvgIpc) is 2.36. The summed E-state index contributed by atoms with van der Waals surface area (Å²) in [7, 11) is 0. The molecule has 1 aromatic carbocycles. The second-order valence-corrected chi connectivity index (χ2v) is 6.25. The monoisotopic (exact) mass is 361 g/mol. The summed E-state index contributed by atoms with van der Waals surface area (Å²) in [5.41, 5.74) is 0.0667. The molecule has 0 saturated heterocycles. The summed E-state index contributed by atoms with van der Waals surface area (Å²) < 4.78 is 13.6. The van der Waals surface area contributed by atoms with Crippen molar-refractivity contribution in [2.75, 3.05) is 18.4 Å².